The zero-order chi connectivity index (χ0) is 14.3. The molecule has 8 nitrogen and oxygen atoms in total. The maximum Gasteiger partial charge on any atom is 0.167 e. The molecule has 2 aromatic heterocycles. The summed E-state index contributed by atoms with van der Waals surface area (Å²) in [5, 5.41) is 19.7. The molecule has 0 aromatic carbocycles. The first-order valence-corrected chi connectivity index (χ1v) is 6.51. The van der Waals surface area contributed by atoms with E-state index in [0.717, 1.165) is 0 Å². The van der Waals surface area contributed by atoms with Gasteiger partial charge in [0, 0.05) is 6.42 Å². The van der Waals surface area contributed by atoms with Crippen molar-refractivity contribution in [1.29, 1.82) is 0 Å². The van der Waals surface area contributed by atoms with Crippen LogP contribution >= 0.6 is 0 Å². The van der Waals surface area contributed by atoms with E-state index >= 15 is 0 Å². The van der Waals surface area contributed by atoms with Crippen LogP contribution in [-0.4, -0.2) is 48.0 Å². The molecule has 0 spiro atoms. The number of nitrogens with two attached hydrogens (primary N) is 1. The Kier molecular flexibility index (Phi) is 3.08. The van der Waals surface area contributed by atoms with Gasteiger partial charge in [0.05, 0.1) is 19.0 Å². The maximum absolute atomic E-state index is 10.2. The molecule has 8 heteroatoms. The summed E-state index contributed by atoms with van der Waals surface area (Å²) in [5.41, 5.74) is 5.87. The van der Waals surface area contributed by atoms with Crippen molar-refractivity contribution in [1.82, 2.24) is 19.5 Å². The minimum Gasteiger partial charge on any atom is -0.393 e. The van der Waals surface area contributed by atoms with Crippen LogP contribution in [0, 0.1) is 0 Å². The van der Waals surface area contributed by atoms with Gasteiger partial charge in [-0.05, 0) is 6.42 Å². The highest BCUT2D eigenvalue weighted by molar-refractivity contribution is 5.81. The maximum atomic E-state index is 10.2. The third kappa shape index (κ3) is 1.76. The highest BCUT2D eigenvalue weighted by Gasteiger charge is 2.47. The summed E-state index contributed by atoms with van der Waals surface area (Å²) in [6.45, 7) is 1.64. The average molecular weight is 279 g/mol. The molecule has 0 aliphatic carbocycles. The van der Waals surface area contributed by atoms with Gasteiger partial charge >= 0.3 is 0 Å². The average Bonchev–Trinajstić information content (AvgIpc) is 3.01. The molecular weight excluding hydrogens is 262 g/mol. The largest absolute Gasteiger partial charge is 0.393 e. The number of nitrogens with zero attached hydrogens (tertiary/aromatic N) is 4. The van der Waals surface area contributed by atoms with E-state index in [0.29, 0.717) is 29.8 Å². The normalized spacial score (nSPS) is 30.1. The molecule has 0 amide bonds. The second-order valence-electron chi connectivity index (χ2n) is 4.98. The quantitative estimate of drug-likeness (QED) is 0.713. The van der Waals surface area contributed by atoms with Gasteiger partial charge in [-0.2, -0.15) is 0 Å². The fourth-order valence-corrected chi connectivity index (χ4v) is 2.63. The van der Waals surface area contributed by atoms with Crippen molar-refractivity contribution in [3.05, 3.63) is 12.7 Å². The number of rotatable bonds is 3. The van der Waals surface area contributed by atoms with Crippen molar-refractivity contribution in [2.45, 2.75) is 37.7 Å². The summed E-state index contributed by atoms with van der Waals surface area (Å²) < 4.78 is 7.59. The van der Waals surface area contributed by atoms with Crippen molar-refractivity contribution in [2.75, 3.05) is 12.3 Å². The number of hydrogen-bond acceptors (Lipinski definition) is 7. The molecule has 2 aromatic rings. The van der Waals surface area contributed by atoms with Crippen molar-refractivity contribution in [3.8, 4) is 0 Å². The number of aromatic nitrogens is 4. The van der Waals surface area contributed by atoms with Crippen molar-refractivity contribution >= 4 is 17.0 Å². The standard InChI is InChI=1S/C12H17N5O3/c1-2-12(4-18)7(19)3-8(20-12)17-6-16-9-10(13)14-5-15-11(9)17/h5-8,18-19H,2-4H2,1H3,(H2,13,14,15)/t7-,8+,12+/m0/s1. The SMILES string of the molecule is CC[C@]1(CO)O[C@@H](n2cnc3c(N)ncnc32)C[C@@H]1O. The number of hydrogen-bond donors (Lipinski definition) is 3. The van der Waals surface area contributed by atoms with E-state index in [1.165, 1.54) is 6.33 Å². The number of nitrogen functional groups attached to an aromatic ring is 1. The van der Waals surface area contributed by atoms with E-state index in [4.69, 9.17) is 10.5 Å². The van der Waals surface area contributed by atoms with Crippen LogP contribution in [0.15, 0.2) is 12.7 Å². The molecule has 1 aliphatic heterocycles. The third-order valence-corrected chi connectivity index (χ3v) is 3.97. The van der Waals surface area contributed by atoms with E-state index in [2.05, 4.69) is 15.0 Å². The molecular formula is C12H17N5O3. The Bertz CT molecular complexity index is 625. The van der Waals surface area contributed by atoms with Crippen LogP contribution < -0.4 is 5.73 Å². The van der Waals surface area contributed by atoms with Crippen molar-refractivity contribution in [2.24, 2.45) is 0 Å². The summed E-state index contributed by atoms with van der Waals surface area (Å²) >= 11 is 0. The molecule has 0 saturated carbocycles. The Morgan fingerprint density at radius 1 is 1.50 bits per heavy atom. The summed E-state index contributed by atoms with van der Waals surface area (Å²) in [4.78, 5) is 12.2. The molecule has 1 aliphatic rings. The molecule has 3 heterocycles. The van der Waals surface area contributed by atoms with E-state index in [9.17, 15) is 10.2 Å². The van der Waals surface area contributed by atoms with Gasteiger partial charge in [-0.1, -0.05) is 6.92 Å². The highest BCUT2D eigenvalue weighted by atomic mass is 16.6. The van der Waals surface area contributed by atoms with Crippen LogP contribution in [-0.2, 0) is 4.74 Å². The Labute approximate surface area is 115 Å². The van der Waals surface area contributed by atoms with E-state index < -0.39 is 17.9 Å². The third-order valence-electron chi connectivity index (χ3n) is 3.97. The van der Waals surface area contributed by atoms with Crippen molar-refractivity contribution < 1.29 is 14.9 Å². The molecule has 0 unspecified atom stereocenters. The van der Waals surface area contributed by atoms with Crippen LogP contribution in [0.5, 0.6) is 0 Å². The van der Waals surface area contributed by atoms with Gasteiger partial charge in [-0.15, -0.1) is 0 Å². The van der Waals surface area contributed by atoms with Gasteiger partial charge < -0.3 is 20.7 Å². The predicted molar refractivity (Wildman–Crippen MR) is 70.6 cm³/mol. The van der Waals surface area contributed by atoms with Gasteiger partial charge in [-0.3, -0.25) is 4.57 Å². The molecule has 3 rings (SSSR count). The molecule has 4 N–H and O–H groups in total. The number of ether oxygens (including phenoxy) is 1. The van der Waals surface area contributed by atoms with Gasteiger partial charge in [0.25, 0.3) is 0 Å². The summed E-state index contributed by atoms with van der Waals surface area (Å²) in [5.74, 6) is 0.302. The minimum atomic E-state index is -0.931. The number of fused-ring (bicyclic) bond motifs is 1. The highest BCUT2D eigenvalue weighted by Crippen LogP contribution is 2.39. The number of aliphatic hydroxyl groups excluding tert-OH is 2. The Morgan fingerprint density at radius 2 is 2.30 bits per heavy atom. The number of anilines is 1. The van der Waals surface area contributed by atoms with E-state index in [-0.39, 0.29) is 6.61 Å². The first kappa shape index (κ1) is 13.2. The lowest BCUT2D eigenvalue weighted by atomic mass is 9.95. The van der Waals surface area contributed by atoms with E-state index in [1.807, 2.05) is 6.92 Å². The fraction of sp³-hybridized carbons (Fsp3) is 0.583. The fourth-order valence-electron chi connectivity index (χ4n) is 2.63. The Morgan fingerprint density at radius 3 is 2.95 bits per heavy atom. The number of imidazole rings is 1. The Hall–Kier alpha value is -1.77. The monoisotopic (exact) mass is 279 g/mol. The molecule has 0 radical (unpaired) electrons. The molecule has 108 valence electrons. The van der Waals surface area contributed by atoms with Crippen LogP contribution in [0.25, 0.3) is 11.2 Å². The molecule has 1 saturated heterocycles. The second kappa shape index (κ2) is 4.65. The minimum absolute atomic E-state index is 0.231. The van der Waals surface area contributed by atoms with Gasteiger partial charge in [0.2, 0.25) is 0 Å². The molecule has 3 atom stereocenters. The van der Waals surface area contributed by atoms with Crippen molar-refractivity contribution in [3.63, 3.8) is 0 Å². The van der Waals surface area contributed by atoms with Gasteiger partial charge in [0.1, 0.15) is 23.7 Å². The first-order valence-electron chi connectivity index (χ1n) is 6.51. The van der Waals surface area contributed by atoms with E-state index in [1.54, 1.807) is 10.9 Å². The van der Waals surface area contributed by atoms with Crippen LogP contribution in [0.4, 0.5) is 5.82 Å². The summed E-state index contributed by atoms with van der Waals surface area (Å²) in [6, 6.07) is 0. The molecule has 0 bridgehead atoms. The zero-order valence-electron chi connectivity index (χ0n) is 11.1. The summed E-state index contributed by atoms with van der Waals surface area (Å²) in [6.07, 6.45) is 2.64. The topological polar surface area (TPSA) is 119 Å². The lowest BCUT2D eigenvalue weighted by molar-refractivity contribution is -0.128. The summed E-state index contributed by atoms with van der Waals surface area (Å²) in [7, 11) is 0. The predicted octanol–water partition coefficient (Wildman–Crippen LogP) is -0.171. The van der Waals surface area contributed by atoms with Crippen LogP contribution in [0.1, 0.15) is 26.0 Å². The lowest BCUT2D eigenvalue weighted by Gasteiger charge is -2.28. The van der Waals surface area contributed by atoms with Crippen LogP contribution in [0.3, 0.4) is 0 Å². The molecule has 20 heavy (non-hydrogen) atoms. The van der Waals surface area contributed by atoms with Gasteiger partial charge in [-0.25, -0.2) is 15.0 Å². The smallest absolute Gasteiger partial charge is 0.167 e. The zero-order valence-corrected chi connectivity index (χ0v) is 11.1. The Balaban J connectivity index is 1.99. The van der Waals surface area contributed by atoms with Crippen LogP contribution in [0.2, 0.25) is 0 Å². The number of aliphatic hydroxyl groups is 2. The first-order chi connectivity index (χ1) is 9.61. The second-order valence-corrected chi connectivity index (χ2v) is 4.98. The molecule has 1 fully saturated rings. The van der Waals surface area contributed by atoms with Gasteiger partial charge in [0.15, 0.2) is 11.5 Å². The lowest BCUT2D eigenvalue weighted by Crippen LogP contribution is -2.42.